The molecule has 2 fully saturated rings. The second kappa shape index (κ2) is 24.9. The molecule has 2 aliphatic heterocycles. The van der Waals surface area contributed by atoms with Crippen molar-refractivity contribution in [2.24, 2.45) is 5.41 Å². The van der Waals surface area contributed by atoms with Crippen LogP contribution in [-0.4, -0.2) is 160 Å². The third kappa shape index (κ3) is 15.9. The Morgan fingerprint density at radius 3 is 2.23 bits per heavy atom. The van der Waals surface area contributed by atoms with Crippen molar-refractivity contribution in [1.29, 1.82) is 0 Å². The molecule has 2 heterocycles. The van der Waals surface area contributed by atoms with Crippen LogP contribution in [0.4, 0.5) is 21.9 Å². The molecule has 2 amide bonds. The molecule has 16 nitrogen and oxygen atoms in total. The van der Waals surface area contributed by atoms with Crippen molar-refractivity contribution >= 4 is 68.0 Å². The van der Waals surface area contributed by atoms with Crippen LogP contribution in [0.25, 0.3) is 5.57 Å². The van der Waals surface area contributed by atoms with Crippen LogP contribution >= 0.6 is 23.4 Å². The summed E-state index contributed by atoms with van der Waals surface area (Å²) in [4.78, 5) is 49.6. The molecule has 3 N–H and O–H groups in total. The smallest absolute Gasteiger partial charge is 0.410 e. The minimum absolute atomic E-state index is 0.00592. The van der Waals surface area contributed by atoms with E-state index in [2.05, 4.69) is 43.8 Å². The van der Waals surface area contributed by atoms with Gasteiger partial charge >= 0.3 is 6.09 Å². The van der Waals surface area contributed by atoms with E-state index in [4.69, 9.17) is 16.3 Å². The Bertz CT molecular complexity index is 2660. The number of ether oxygens (including phenoxy) is 1. The van der Waals surface area contributed by atoms with Crippen molar-refractivity contribution < 1.29 is 32.8 Å². The van der Waals surface area contributed by atoms with Crippen molar-refractivity contribution in [3.63, 3.8) is 0 Å². The van der Waals surface area contributed by atoms with E-state index in [0.717, 1.165) is 88.3 Å². The summed E-state index contributed by atoms with van der Waals surface area (Å²) in [6.45, 7) is 17.1. The topological polar surface area (TPSA) is 181 Å². The second-order valence-corrected chi connectivity index (χ2v) is 24.0. The molecule has 4 aromatic rings. The number of carbonyl (C=O) groups is 2. The molecule has 2 atom stereocenters. The van der Waals surface area contributed by atoms with Crippen LogP contribution in [0.1, 0.15) is 69.3 Å². The highest BCUT2D eigenvalue weighted by atomic mass is 35.5. The van der Waals surface area contributed by atoms with Crippen LogP contribution in [0.5, 0.6) is 0 Å². The summed E-state index contributed by atoms with van der Waals surface area (Å²) >= 11 is 7.92. The average molecular weight is 1060 g/mol. The van der Waals surface area contributed by atoms with Gasteiger partial charge in [0.25, 0.3) is 21.6 Å². The third-order valence-electron chi connectivity index (χ3n) is 13.7. The van der Waals surface area contributed by atoms with Gasteiger partial charge in [-0.25, -0.2) is 17.9 Å². The first kappa shape index (κ1) is 55.5. The maximum absolute atomic E-state index is 13.6. The lowest BCUT2D eigenvalue weighted by Gasteiger charge is -2.44. The molecule has 0 aromatic heterocycles. The number of nitro groups is 1. The number of hydrogen-bond donors (Lipinski definition) is 3. The van der Waals surface area contributed by atoms with Gasteiger partial charge in [0, 0.05) is 111 Å². The molecule has 1 unspecified atom stereocenters. The number of nitrogens with one attached hydrogen (secondary N) is 2. The minimum Gasteiger partial charge on any atom is -0.444 e. The number of thioether (sulfide) groups is 1. The average Bonchev–Trinajstić information content (AvgIpc) is 3.35. The van der Waals surface area contributed by atoms with Gasteiger partial charge in [-0.2, -0.15) is 0 Å². The number of hydrogen-bond acceptors (Lipinski definition) is 14. The molecule has 3 aliphatic rings. The maximum Gasteiger partial charge on any atom is 0.410 e. The number of rotatable bonds is 20. The molecule has 2 saturated heterocycles. The molecule has 73 heavy (non-hydrogen) atoms. The predicted octanol–water partition coefficient (Wildman–Crippen LogP) is 8.57. The number of allylic oxidation sites excluding steroid dienone is 1. The summed E-state index contributed by atoms with van der Waals surface area (Å²) in [5, 5.41) is 25.7. The lowest BCUT2D eigenvalue weighted by atomic mass is 9.71. The molecule has 0 spiro atoms. The van der Waals surface area contributed by atoms with Crippen molar-refractivity contribution in [2.75, 3.05) is 108 Å². The zero-order valence-corrected chi connectivity index (χ0v) is 45.1. The monoisotopic (exact) mass is 1060 g/mol. The number of aliphatic hydroxyl groups is 1. The van der Waals surface area contributed by atoms with Gasteiger partial charge in [-0.1, -0.05) is 54.4 Å². The van der Waals surface area contributed by atoms with Crippen molar-refractivity contribution in [3.8, 4) is 0 Å². The fourth-order valence-electron chi connectivity index (χ4n) is 9.79. The highest BCUT2D eigenvalue weighted by molar-refractivity contribution is 7.99. The lowest BCUT2D eigenvalue weighted by molar-refractivity contribution is -0.384. The van der Waals surface area contributed by atoms with Gasteiger partial charge in [0.05, 0.1) is 16.4 Å². The Morgan fingerprint density at radius 1 is 0.918 bits per heavy atom. The zero-order chi connectivity index (χ0) is 52.3. The molecule has 4 aromatic carbocycles. The van der Waals surface area contributed by atoms with E-state index in [1.165, 1.54) is 28.8 Å². The van der Waals surface area contributed by atoms with Gasteiger partial charge in [0.2, 0.25) is 0 Å². The van der Waals surface area contributed by atoms with E-state index in [0.29, 0.717) is 43.4 Å². The first-order valence-corrected chi connectivity index (χ1v) is 27.9. The number of anilines is 2. The number of nitro benzene ring substituents is 1. The van der Waals surface area contributed by atoms with E-state index in [1.54, 1.807) is 23.9 Å². The number of likely N-dealkylation sites (N-methyl/N-ethyl adjacent to an activating group) is 1. The van der Waals surface area contributed by atoms with Crippen molar-refractivity contribution in [1.82, 2.24) is 24.3 Å². The van der Waals surface area contributed by atoms with Gasteiger partial charge < -0.3 is 29.9 Å². The number of aliphatic hydroxyl groups excluding tert-OH is 1. The SMILES string of the molecule is CN(CCO)CC[C@H](CSc1ccccc1)Nc1ccc(S(=O)(=O)NC(=O)c2ccc(N3CCN(CC4=C(c5ccc(Cl)cc5)CCC(C)(CN5CCN(C(=O)OC(C)(C)C)CC5)C4)CC3)cc2)cc1[N+](=O)[O-]. The number of piperazine rings is 2. The third-order valence-corrected chi connectivity index (χ3v) is 16.5. The first-order valence-electron chi connectivity index (χ1n) is 25.1. The van der Waals surface area contributed by atoms with Crippen LogP contribution in [0.3, 0.4) is 0 Å². The number of halogens is 1. The number of nitrogens with zero attached hydrogens (tertiary/aromatic N) is 6. The quantitative estimate of drug-likeness (QED) is 0.0435. The first-order chi connectivity index (χ1) is 34.8. The number of sulfonamides is 1. The van der Waals surface area contributed by atoms with Crippen molar-refractivity contribution in [3.05, 3.63) is 129 Å². The molecule has 0 saturated carbocycles. The number of carbonyl (C=O) groups excluding carboxylic acids is 2. The summed E-state index contributed by atoms with van der Waals surface area (Å²) in [7, 11) is -2.61. The molecular weight excluding hydrogens is 988 g/mol. The molecule has 7 rings (SSSR count). The zero-order valence-electron chi connectivity index (χ0n) is 42.7. The summed E-state index contributed by atoms with van der Waals surface area (Å²) in [6, 6.07) is 28.1. The predicted molar refractivity (Wildman–Crippen MR) is 291 cm³/mol. The summed E-state index contributed by atoms with van der Waals surface area (Å²) in [5.41, 5.74) is 4.37. The van der Waals surface area contributed by atoms with Gasteiger partial charge in [0.15, 0.2) is 0 Å². The summed E-state index contributed by atoms with van der Waals surface area (Å²) < 4.78 is 34.9. The maximum atomic E-state index is 13.6. The molecule has 0 radical (unpaired) electrons. The van der Waals surface area contributed by atoms with Crippen LogP contribution in [0.15, 0.2) is 112 Å². The van der Waals surface area contributed by atoms with Crippen LogP contribution in [0.2, 0.25) is 5.02 Å². The molecule has 0 bridgehead atoms. The Labute approximate surface area is 440 Å². The van der Waals surface area contributed by atoms with Crippen LogP contribution in [0, 0.1) is 15.5 Å². The Hall–Kier alpha value is -5.21. The summed E-state index contributed by atoms with van der Waals surface area (Å²) in [5.74, 6) is -0.273. The van der Waals surface area contributed by atoms with E-state index in [-0.39, 0.29) is 35.4 Å². The van der Waals surface area contributed by atoms with E-state index < -0.39 is 37.0 Å². The summed E-state index contributed by atoms with van der Waals surface area (Å²) in [6.07, 6.45) is 3.35. The normalized spacial score (nSPS) is 18.7. The van der Waals surface area contributed by atoms with E-state index in [9.17, 15) is 33.2 Å². The Kier molecular flexibility index (Phi) is 18.9. The molecular formula is C54H71ClN8O8S2. The van der Waals surface area contributed by atoms with Gasteiger partial charge in [-0.05, 0) is 137 Å². The van der Waals surface area contributed by atoms with E-state index in [1.807, 2.05) is 92.2 Å². The fourth-order valence-corrected chi connectivity index (χ4v) is 11.9. The van der Waals surface area contributed by atoms with Gasteiger partial charge in [-0.3, -0.25) is 24.7 Å². The van der Waals surface area contributed by atoms with Crippen molar-refractivity contribution in [2.45, 2.75) is 74.8 Å². The minimum atomic E-state index is -4.49. The second-order valence-electron chi connectivity index (χ2n) is 20.8. The number of benzene rings is 4. The van der Waals surface area contributed by atoms with Gasteiger partial charge in [0.1, 0.15) is 11.3 Å². The van der Waals surface area contributed by atoms with Crippen LogP contribution in [-0.2, 0) is 14.8 Å². The number of amides is 2. The standard InChI is InChI=1S/C54H71ClN8O8S2/c1-53(2,3)71-52(66)62-31-27-60(28-32-62)39-54(4)23-21-48(40-11-15-43(55)16-12-40)42(36-54)37-59-25-29-61(30-26-59)45-17-13-41(14-18-45)51(65)57-73(69,70)47-19-20-49(50(35-47)63(67)68)56-44(22-24-58(5)33-34-64)38-72-46-9-7-6-8-10-46/h6-20,35,44,56,64H,21-34,36-39H2,1-5H3,(H,57,65)/t44-,54?/m1/s1. The molecule has 19 heteroatoms. The van der Waals surface area contributed by atoms with E-state index >= 15 is 0 Å². The Balaban J connectivity index is 0.949. The Morgan fingerprint density at radius 2 is 1.59 bits per heavy atom. The van der Waals surface area contributed by atoms with Gasteiger partial charge in [-0.15, -0.1) is 11.8 Å². The lowest BCUT2D eigenvalue weighted by Crippen LogP contribution is -2.52. The highest BCUT2D eigenvalue weighted by Crippen LogP contribution is 2.44. The highest BCUT2D eigenvalue weighted by Gasteiger charge is 2.36. The largest absolute Gasteiger partial charge is 0.444 e. The fraction of sp³-hybridized carbons (Fsp3) is 0.481. The molecule has 1 aliphatic carbocycles. The molecule has 394 valence electrons. The van der Waals surface area contributed by atoms with Crippen LogP contribution < -0.4 is 14.9 Å².